The molecule has 0 bridgehead atoms. The Balaban J connectivity index is 2.83. The van der Waals surface area contributed by atoms with Gasteiger partial charge >= 0.3 is 0 Å². The molecule has 0 aromatic heterocycles. The maximum atomic E-state index is 11.1. The third kappa shape index (κ3) is 4.03. The Morgan fingerprint density at radius 2 is 1.68 bits per heavy atom. The van der Waals surface area contributed by atoms with E-state index in [1.807, 2.05) is 6.07 Å². The Labute approximate surface area is 112 Å². The second-order valence-electron chi connectivity index (χ2n) is 3.94. The summed E-state index contributed by atoms with van der Waals surface area (Å²) in [6.45, 7) is 0. The highest BCUT2D eigenvalue weighted by molar-refractivity contribution is 5.75. The molecular weight excluding hydrogens is 248 g/mol. The van der Waals surface area contributed by atoms with E-state index in [1.54, 1.807) is 27.4 Å². The van der Waals surface area contributed by atoms with Crippen LogP contribution < -0.4 is 25.5 Å². The smallest absolute Gasteiger partial charge is 0.233 e. The maximum Gasteiger partial charge on any atom is 0.233 e. The first-order valence-electron chi connectivity index (χ1n) is 5.94. The highest BCUT2D eigenvalue weighted by Gasteiger charge is 2.12. The Morgan fingerprint density at radius 1 is 1.11 bits per heavy atom. The third-order valence-corrected chi connectivity index (χ3v) is 2.80. The van der Waals surface area contributed by atoms with Gasteiger partial charge < -0.3 is 14.2 Å². The zero-order valence-electron chi connectivity index (χ0n) is 11.5. The fraction of sp³-hybridized carbons (Fsp3) is 0.462. The summed E-state index contributed by atoms with van der Waals surface area (Å²) in [5.41, 5.74) is 3.07. The van der Waals surface area contributed by atoms with Crippen molar-refractivity contribution in [3.05, 3.63) is 17.7 Å². The molecule has 6 nitrogen and oxygen atoms in total. The van der Waals surface area contributed by atoms with Crippen molar-refractivity contribution in [1.29, 1.82) is 0 Å². The molecule has 0 aliphatic carbocycles. The number of nitrogens with two attached hydrogens (primary N) is 1. The molecule has 0 saturated carbocycles. The van der Waals surface area contributed by atoms with Gasteiger partial charge in [-0.2, -0.15) is 0 Å². The first-order valence-corrected chi connectivity index (χ1v) is 5.94. The minimum atomic E-state index is -0.181. The molecule has 1 aromatic carbocycles. The standard InChI is InChI=1S/C13H20N2O4/c1-17-10-8-12(19-3)11(18-2)7-9(10)5-4-6-13(16)15-14/h7-8H,4-6,14H2,1-3H3,(H,15,16). The monoisotopic (exact) mass is 268 g/mol. The molecule has 19 heavy (non-hydrogen) atoms. The molecule has 0 saturated heterocycles. The molecule has 0 fully saturated rings. The lowest BCUT2D eigenvalue weighted by Gasteiger charge is -2.13. The summed E-state index contributed by atoms with van der Waals surface area (Å²) in [6, 6.07) is 3.63. The minimum Gasteiger partial charge on any atom is -0.496 e. The van der Waals surface area contributed by atoms with Gasteiger partial charge in [0, 0.05) is 12.5 Å². The molecular formula is C13H20N2O4. The van der Waals surface area contributed by atoms with Gasteiger partial charge in [0.25, 0.3) is 0 Å². The van der Waals surface area contributed by atoms with Gasteiger partial charge in [0.05, 0.1) is 21.3 Å². The molecule has 0 spiro atoms. The normalized spacial score (nSPS) is 9.89. The van der Waals surface area contributed by atoms with Crippen molar-refractivity contribution in [3.8, 4) is 17.2 Å². The fourth-order valence-corrected chi connectivity index (χ4v) is 1.80. The summed E-state index contributed by atoms with van der Waals surface area (Å²) in [6.07, 6.45) is 1.74. The van der Waals surface area contributed by atoms with Crippen LogP contribution in [0.4, 0.5) is 0 Å². The molecule has 1 rings (SSSR count). The second-order valence-corrected chi connectivity index (χ2v) is 3.94. The van der Waals surface area contributed by atoms with Gasteiger partial charge in [-0.1, -0.05) is 0 Å². The van der Waals surface area contributed by atoms with Crippen molar-refractivity contribution < 1.29 is 19.0 Å². The maximum absolute atomic E-state index is 11.1. The Morgan fingerprint density at radius 3 is 2.21 bits per heavy atom. The predicted molar refractivity (Wildman–Crippen MR) is 71.4 cm³/mol. The zero-order chi connectivity index (χ0) is 14.3. The van der Waals surface area contributed by atoms with E-state index < -0.39 is 0 Å². The lowest BCUT2D eigenvalue weighted by atomic mass is 10.1. The summed E-state index contributed by atoms with van der Waals surface area (Å²) >= 11 is 0. The van der Waals surface area contributed by atoms with Crippen molar-refractivity contribution in [2.75, 3.05) is 21.3 Å². The molecule has 1 amide bonds. The van der Waals surface area contributed by atoms with Crippen LogP contribution in [-0.2, 0) is 11.2 Å². The van der Waals surface area contributed by atoms with E-state index in [4.69, 9.17) is 20.1 Å². The summed E-state index contributed by atoms with van der Waals surface area (Å²) < 4.78 is 15.8. The number of amides is 1. The Bertz CT molecular complexity index is 435. The molecule has 1 aromatic rings. The molecule has 0 heterocycles. The third-order valence-electron chi connectivity index (χ3n) is 2.80. The highest BCUT2D eigenvalue weighted by Crippen LogP contribution is 2.35. The van der Waals surface area contributed by atoms with E-state index in [9.17, 15) is 4.79 Å². The first-order chi connectivity index (χ1) is 9.15. The first kappa shape index (κ1) is 15.1. The Hall–Kier alpha value is -1.95. The van der Waals surface area contributed by atoms with E-state index in [2.05, 4.69) is 5.43 Å². The number of carbonyl (C=O) groups is 1. The SMILES string of the molecule is COc1cc(OC)c(OC)cc1CCCC(=O)NN. The molecule has 0 aliphatic rings. The van der Waals surface area contributed by atoms with Crippen LogP contribution in [-0.4, -0.2) is 27.2 Å². The number of methoxy groups -OCH3 is 3. The van der Waals surface area contributed by atoms with E-state index in [1.165, 1.54) is 0 Å². The van der Waals surface area contributed by atoms with Gasteiger partial charge in [0.15, 0.2) is 11.5 Å². The van der Waals surface area contributed by atoms with E-state index in [-0.39, 0.29) is 5.91 Å². The average Bonchev–Trinajstić information content (AvgIpc) is 2.46. The van der Waals surface area contributed by atoms with Crippen LogP contribution in [0.2, 0.25) is 0 Å². The van der Waals surface area contributed by atoms with Crippen LogP contribution in [0.3, 0.4) is 0 Å². The van der Waals surface area contributed by atoms with Crippen molar-refractivity contribution in [2.45, 2.75) is 19.3 Å². The van der Waals surface area contributed by atoms with Crippen LogP contribution in [0.15, 0.2) is 12.1 Å². The van der Waals surface area contributed by atoms with Crippen molar-refractivity contribution in [1.82, 2.24) is 5.43 Å². The molecule has 106 valence electrons. The molecule has 6 heteroatoms. The van der Waals surface area contributed by atoms with Crippen LogP contribution in [0.5, 0.6) is 17.2 Å². The van der Waals surface area contributed by atoms with E-state index in [0.717, 1.165) is 5.56 Å². The summed E-state index contributed by atoms with van der Waals surface area (Å²) in [7, 11) is 4.75. The molecule has 0 unspecified atom stereocenters. The van der Waals surface area contributed by atoms with Gasteiger partial charge in [0.2, 0.25) is 5.91 Å². The van der Waals surface area contributed by atoms with Crippen LogP contribution in [0, 0.1) is 0 Å². The number of benzene rings is 1. The molecule has 3 N–H and O–H groups in total. The van der Waals surface area contributed by atoms with E-state index >= 15 is 0 Å². The Kier molecular flexibility index (Phi) is 5.95. The predicted octanol–water partition coefficient (Wildman–Crippen LogP) is 1.02. The highest BCUT2D eigenvalue weighted by atomic mass is 16.5. The number of carbonyl (C=O) groups excluding carboxylic acids is 1. The van der Waals surface area contributed by atoms with Crippen molar-refractivity contribution >= 4 is 5.91 Å². The van der Waals surface area contributed by atoms with Crippen LogP contribution >= 0.6 is 0 Å². The van der Waals surface area contributed by atoms with Gasteiger partial charge in [-0.15, -0.1) is 0 Å². The van der Waals surface area contributed by atoms with Gasteiger partial charge in [-0.25, -0.2) is 5.84 Å². The molecule has 0 atom stereocenters. The number of nitrogens with one attached hydrogen (secondary N) is 1. The second kappa shape index (κ2) is 7.48. The van der Waals surface area contributed by atoms with Gasteiger partial charge in [0.1, 0.15) is 5.75 Å². The number of hydrogen-bond acceptors (Lipinski definition) is 5. The van der Waals surface area contributed by atoms with Crippen molar-refractivity contribution in [2.24, 2.45) is 5.84 Å². The summed E-state index contributed by atoms with van der Waals surface area (Å²) in [4.78, 5) is 11.1. The number of ether oxygens (including phenoxy) is 3. The van der Waals surface area contributed by atoms with Gasteiger partial charge in [-0.3, -0.25) is 10.2 Å². The fourth-order valence-electron chi connectivity index (χ4n) is 1.80. The molecule has 0 aliphatic heterocycles. The number of rotatable bonds is 7. The number of aryl methyl sites for hydroxylation is 1. The lowest BCUT2D eigenvalue weighted by Crippen LogP contribution is -2.29. The topological polar surface area (TPSA) is 82.8 Å². The quantitative estimate of drug-likeness (QED) is 0.438. The molecule has 0 radical (unpaired) electrons. The average molecular weight is 268 g/mol. The number of hydrogen-bond donors (Lipinski definition) is 2. The summed E-state index contributed by atoms with van der Waals surface area (Å²) in [5, 5.41) is 0. The zero-order valence-corrected chi connectivity index (χ0v) is 11.5. The minimum absolute atomic E-state index is 0.181. The summed E-state index contributed by atoms with van der Waals surface area (Å²) in [5.74, 6) is 6.82. The van der Waals surface area contributed by atoms with Crippen molar-refractivity contribution in [3.63, 3.8) is 0 Å². The lowest BCUT2D eigenvalue weighted by molar-refractivity contribution is -0.121. The van der Waals surface area contributed by atoms with Crippen LogP contribution in [0.25, 0.3) is 0 Å². The largest absolute Gasteiger partial charge is 0.496 e. The van der Waals surface area contributed by atoms with Crippen LogP contribution in [0.1, 0.15) is 18.4 Å². The van der Waals surface area contributed by atoms with E-state index in [0.29, 0.717) is 36.5 Å². The number of hydrazine groups is 1. The van der Waals surface area contributed by atoms with Gasteiger partial charge in [-0.05, 0) is 24.5 Å².